The van der Waals surface area contributed by atoms with Crippen molar-refractivity contribution in [2.24, 2.45) is 5.10 Å². The van der Waals surface area contributed by atoms with Gasteiger partial charge in [0.15, 0.2) is 0 Å². The lowest BCUT2D eigenvalue weighted by Gasteiger charge is -2.09. The van der Waals surface area contributed by atoms with Gasteiger partial charge in [0, 0.05) is 16.8 Å². The first-order chi connectivity index (χ1) is 14.4. The number of hydrogen-bond donors (Lipinski definition) is 2. The third kappa shape index (κ3) is 5.21. The highest BCUT2D eigenvalue weighted by atomic mass is 32.2. The molecule has 154 valence electrons. The Bertz CT molecular complexity index is 1180. The standard InChI is InChI=1S/C21H18FN3O4S/c1-29-18-11-9-17(10-12-18)25-30(27,28)19-7-4-6-15(13-19)21(26)24-23-14-16-5-2-3-8-20(16)22/h2-14,25H,1H3,(H,24,26)/b23-14-. The molecule has 0 radical (unpaired) electrons. The van der Waals surface area contributed by atoms with Gasteiger partial charge in [0.05, 0.1) is 18.2 Å². The first kappa shape index (κ1) is 21.0. The average molecular weight is 427 g/mol. The molecule has 3 aromatic rings. The number of ether oxygens (including phenoxy) is 1. The van der Waals surface area contributed by atoms with Crippen molar-refractivity contribution in [1.82, 2.24) is 5.43 Å². The van der Waals surface area contributed by atoms with Crippen molar-refractivity contribution in [3.8, 4) is 5.75 Å². The number of sulfonamides is 1. The molecular formula is C21H18FN3O4S. The average Bonchev–Trinajstić information content (AvgIpc) is 2.75. The molecule has 2 N–H and O–H groups in total. The summed E-state index contributed by atoms with van der Waals surface area (Å²) < 4.78 is 46.3. The van der Waals surface area contributed by atoms with E-state index >= 15 is 0 Å². The second kappa shape index (κ2) is 9.19. The maximum absolute atomic E-state index is 13.6. The summed E-state index contributed by atoms with van der Waals surface area (Å²) in [6, 6.07) is 17.8. The van der Waals surface area contributed by atoms with E-state index in [4.69, 9.17) is 4.74 Å². The highest BCUT2D eigenvalue weighted by molar-refractivity contribution is 7.92. The minimum Gasteiger partial charge on any atom is -0.497 e. The lowest BCUT2D eigenvalue weighted by molar-refractivity contribution is 0.0955. The van der Waals surface area contributed by atoms with Gasteiger partial charge in [-0.25, -0.2) is 18.2 Å². The molecule has 0 aliphatic heterocycles. The van der Waals surface area contributed by atoms with Gasteiger partial charge in [-0.05, 0) is 48.5 Å². The molecule has 0 unspecified atom stereocenters. The molecule has 0 bridgehead atoms. The zero-order valence-electron chi connectivity index (χ0n) is 15.9. The van der Waals surface area contributed by atoms with Crippen LogP contribution in [0.4, 0.5) is 10.1 Å². The normalized spacial score (nSPS) is 11.3. The van der Waals surface area contributed by atoms with Gasteiger partial charge in [-0.2, -0.15) is 5.10 Å². The van der Waals surface area contributed by atoms with Gasteiger partial charge in [0.1, 0.15) is 11.6 Å². The van der Waals surface area contributed by atoms with E-state index < -0.39 is 21.7 Å². The first-order valence-corrected chi connectivity index (χ1v) is 10.2. The number of rotatable bonds is 7. The van der Waals surface area contributed by atoms with Crippen molar-refractivity contribution in [2.75, 3.05) is 11.8 Å². The van der Waals surface area contributed by atoms with Crippen LogP contribution in [0.25, 0.3) is 0 Å². The van der Waals surface area contributed by atoms with E-state index in [9.17, 15) is 17.6 Å². The largest absolute Gasteiger partial charge is 0.497 e. The molecule has 9 heteroatoms. The van der Waals surface area contributed by atoms with E-state index in [1.165, 1.54) is 55.8 Å². The van der Waals surface area contributed by atoms with E-state index in [2.05, 4.69) is 15.2 Å². The van der Waals surface area contributed by atoms with Gasteiger partial charge in [-0.15, -0.1) is 0 Å². The Balaban J connectivity index is 1.72. The smallest absolute Gasteiger partial charge is 0.271 e. The molecular weight excluding hydrogens is 409 g/mol. The molecule has 0 aliphatic rings. The number of benzene rings is 3. The van der Waals surface area contributed by atoms with E-state index in [1.54, 1.807) is 30.3 Å². The highest BCUT2D eigenvalue weighted by Gasteiger charge is 2.16. The number of nitrogens with zero attached hydrogens (tertiary/aromatic N) is 1. The number of carbonyl (C=O) groups is 1. The Morgan fingerprint density at radius 2 is 1.77 bits per heavy atom. The van der Waals surface area contributed by atoms with Crippen LogP contribution in [0.15, 0.2) is 82.8 Å². The minimum atomic E-state index is -3.92. The number of anilines is 1. The maximum atomic E-state index is 13.6. The van der Waals surface area contributed by atoms with Crippen LogP contribution >= 0.6 is 0 Å². The summed E-state index contributed by atoms with van der Waals surface area (Å²) >= 11 is 0. The Labute approximate surface area is 173 Å². The van der Waals surface area contributed by atoms with Gasteiger partial charge < -0.3 is 4.74 Å². The Morgan fingerprint density at radius 3 is 2.47 bits per heavy atom. The molecule has 7 nitrogen and oxygen atoms in total. The van der Waals surface area contributed by atoms with Crippen molar-refractivity contribution >= 4 is 27.8 Å². The maximum Gasteiger partial charge on any atom is 0.271 e. The fourth-order valence-electron chi connectivity index (χ4n) is 2.48. The number of carbonyl (C=O) groups excluding carboxylic acids is 1. The van der Waals surface area contributed by atoms with Crippen LogP contribution in [0.1, 0.15) is 15.9 Å². The van der Waals surface area contributed by atoms with Crippen molar-refractivity contribution in [1.29, 1.82) is 0 Å². The molecule has 0 spiro atoms. The fraction of sp³-hybridized carbons (Fsp3) is 0.0476. The highest BCUT2D eigenvalue weighted by Crippen LogP contribution is 2.20. The van der Waals surface area contributed by atoms with Crippen LogP contribution in [0, 0.1) is 5.82 Å². The van der Waals surface area contributed by atoms with Crippen molar-refractivity contribution in [3.05, 3.63) is 89.7 Å². The number of nitrogens with one attached hydrogen (secondary N) is 2. The van der Waals surface area contributed by atoms with Crippen molar-refractivity contribution in [2.45, 2.75) is 4.90 Å². The van der Waals surface area contributed by atoms with Gasteiger partial charge in [0.2, 0.25) is 0 Å². The second-order valence-electron chi connectivity index (χ2n) is 6.08. The van der Waals surface area contributed by atoms with Gasteiger partial charge in [-0.1, -0.05) is 24.3 Å². The lowest BCUT2D eigenvalue weighted by Crippen LogP contribution is -2.19. The van der Waals surface area contributed by atoms with E-state index in [0.717, 1.165) is 0 Å². The molecule has 0 fully saturated rings. The molecule has 0 aliphatic carbocycles. The van der Waals surface area contributed by atoms with Crippen LogP contribution in [-0.2, 0) is 10.0 Å². The molecule has 3 aromatic carbocycles. The second-order valence-corrected chi connectivity index (χ2v) is 7.76. The van der Waals surface area contributed by atoms with Gasteiger partial charge in [-0.3, -0.25) is 9.52 Å². The Hall–Kier alpha value is -3.72. The fourth-order valence-corrected chi connectivity index (χ4v) is 3.59. The minimum absolute atomic E-state index is 0.0817. The molecule has 30 heavy (non-hydrogen) atoms. The lowest BCUT2D eigenvalue weighted by atomic mass is 10.2. The third-order valence-electron chi connectivity index (χ3n) is 4.02. The van der Waals surface area contributed by atoms with Crippen LogP contribution in [-0.4, -0.2) is 27.6 Å². The summed E-state index contributed by atoms with van der Waals surface area (Å²) in [5.74, 6) is -0.523. The summed E-state index contributed by atoms with van der Waals surface area (Å²) in [5, 5.41) is 3.71. The molecule has 0 saturated heterocycles. The van der Waals surface area contributed by atoms with E-state index in [0.29, 0.717) is 11.4 Å². The van der Waals surface area contributed by atoms with Crippen molar-refractivity contribution in [3.63, 3.8) is 0 Å². The quantitative estimate of drug-likeness (QED) is 0.446. The van der Waals surface area contributed by atoms with E-state index in [-0.39, 0.29) is 16.0 Å². The van der Waals surface area contributed by atoms with Crippen LogP contribution in [0.3, 0.4) is 0 Å². The molecule has 0 atom stereocenters. The summed E-state index contributed by atoms with van der Waals surface area (Å²) in [6.07, 6.45) is 1.17. The SMILES string of the molecule is COc1ccc(NS(=O)(=O)c2cccc(C(=O)N/N=C\c3ccccc3F)c2)cc1. The Kier molecular flexibility index (Phi) is 6.43. The predicted molar refractivity (Wildman–Crippen MR) is 112 cm³/mol. The number of amides is 1. The summed E-state index contributed by atoms with van der Waals surface area (Å²) in [4.78, 5) is 12.2. The summed E-state index contributed by atoms with van der Waals surface area (Å²) in [7, 11) is -2.41. The third-order valence-corrected chi connectivity index (χ3v) is 5.40. The van der Waals surface area contributed by atoms with Crippen LogP contribution < -0.4 is 14.9 Å². The number of hydrazone groups is 1. The molecule has 0 saturated carbocycles. The van der Waals surface area contributed by atoms with Crippen molar-refractivity contribution < 1.29 is 22.3 Å². The first-order valence-electron chi connectivity index (χ1n) is 8.74. The number of methoxy groups -OCH3 is 1. The van der Waals surface area contributed by atoms with Gasteiger partial charge >= 0.3 is 0 Å². The molecule has 3 rings (SSSR count). The van der Waals surface area contributed by atoms with Crippen LogP contribution in [0.5, 0.6) is 5.75 Å². The number of hydrogen-bond acceptors (Lipinski definition) is 5. The van der Waals surface area contributed by atoms with Crippen LogP contribution in [0.2, 0.25) is 0 Å². The molecule has 1 amide bonds. The topological polar surface area (TPSA) is 96.9 Å². The zero-order chi connectivity index (χ0) is 21.6. The predicted octanol–water partition coefficient (Wildman–Crippen LogP) is 3.40. The number of halogens is 1. The molecule has 0 heterocycles. The van der Waals surface area contributed by atoms with E-state index in [1.807, 2.05) is 0 Å². The summed E-state index contributed by atoms with van der Waals surface area (Å²) in [6.45, 7) is 0. The van der Waals surface area contributed by atoms with Gasteiger partial charge in [0.25, 0.3) is 15.9 Å². The Morgan fingerprint density at radius 1 is 1.03 bits per heavy atom. The monoisotopic (exact) mass is 427 g/mol. The summed E-state index contributed by atoms with van der Waals surface area (Å²) in [5.41, 5.74) is 2.89. The molecule has 0 aromatic heterocycles. The zero-order valence-corrected chi connectivity index (χ0v) is 16.7.